The highest BCUT2D eigenvalue weighted by atomic mass is 32.2. The largest absolute Gasteiger partial charge is 0.490 e. The van der Waals surface area contributed by atoms with E-state index in [1.165, 1.54) is 9.71 Å². The van der Waals surface area contributed by atoms with Crippen LogP contribution in [0.3, 0.4) is 0 Å². The molecule has 0 bridgehead atoms. The van der Waals surface area contributed by atoms with Crippen molar-refractivity contribution in [2.24, 2.45) is 5.92 Å². The van der Waals surface area contributed by atoms with Crippen molar-refractivity contribution in [3.63, 3.8) is 0 Å². The second kappa shape index (κ2) is 11.1. The molecule has 1 fully saturated rings. The summed E-state index contributed by atoms with van der Waals surface area (Å²) < 4.78 is 34.6. The van der Waals surface area contributed by atoms with E-state index >= 15 is 0 Å². The van der Waals surface area contributed by atoms with Crippen molar-refractivity contribution in [2.45, 2.75) is 19.4 Å². The van der Waals surface area contributed by atoms with Crippen LogP contribution in [0.1, 0.15) is 18.4 Å². The minimum absolute atomic E-state index is 0.123. The summed E-state index contributed by atoms with van der Waals surface area (Å²) in [6, 6.07) is 16.6. The number of anilines is 1. The molecule has 2 aromatic carbocycles. The first-order valence-electron chi connectivity index (χ1n) is 11.2. The second-order valence-electron chi connectivity index (χ2n) is 8.07. The van der Waals surface area contributed by atoms with Crippen molar-refractivity contribution >= 4 is 27.7 Å². The smallest absolute Gasteiger partial charge is 0.236 e. The molecule has 34 heavy (non-hydrogen) atoms. The molecule has 1 aliphatic rings. The molecule has 0 aliphatic carbocycles. The Kier molecular flexibility index (Phi) is 7.76. The van der Waals surface area contributed by atoms with Gasteiger partial charge in [-0.05, 0) is 36.6 Å². The van der Waals surface area contributed by atoms with Crippen LogP contribution < -0.4 is 10.1 Å². The van der Waals surface area contributed by atoms with Gasteiger partial charge in [-0.1, -0.05) is 42.5 Å². The third-order valence-electron chi connectivity index (χ3n) is 5.73. The average molecular weight is 481 g/mol. The zero-order valence-corrected chi connectivity index (χ0v) is 19.6. The monoisotopic (exact) mass is 480 g/mol. The second-order valence-corrected chi connectivity index (χ2v) is 9.88. The third-order valence-corrected chi connectivity index (χ3v) is 7.29. The molecular formula is C25H28N4O4S. The van der Waals surface area contributed by atoms with Crippen LogP contribution in [0.4, 0.5) is 5.69 Å². The maximum atomic E-state index is 12.9. The van der Waals surface area contributed by atoms with E-state index in [9.17, 15) is 13.2 Å². The Hall–Kier alpha value is -3.43. The third kappa shape index (κ3) is 6.33. The van der Waals surface area contributed by atoms with Gasteiger partial charge < -0.3 is 14.6 Å². The highest BCUT2D eigenvalue weighted by Crippen LogP contribution is 2.27. The number of carbonyl (C=O) groups is 1. The van der Waals surface area contributed by atoms with Crippen molar-refractivity contribution in [3.05, 3.63) is 84.3 Å². The van der Waals surface area contributed by atoms with E-state index in [0.29, 0.717) is 50.5 Å². The minimum atomic E-state index is -3.53. The van der Waals surface area contributed by atoms with Crippen molar-refractivity contribution in [2.75, 3.05) is 25.0 Å². The van der Waals surface area contributed by atoms with E-state index in [1.54, 1.807) is 24.7 Å². The molecule has 9 heteroatoms. The fraction of sp³-hybridized carbons (Fsp3) is 0.280. The van der Waals surface area contributed by atoms with Gasteiger partial charge in [0.2, 0.25) is 15.9 Å². The van der Waals surface area contributed by atoms with Gasteiger partial charge in [-0.2, -0.15) is 4.31 Å². The Morgan fingerprint density at radius 2 is 1.82 bits per heavy atom. The lowest BCUT2D eigenvalue weighted by molar-refractivity contribution is -0.120. The predicted octanol–water partition coefficient (Wildman–Crippen LogP) is 3.61. The number of nitrogens with one attached hydrogen (secondary N) is 1. The van der Waals surface area contributed by atoms with Gasteiger partial charge in [0.05, 0.1) is 18.6 Å². The Labute approximate surface area is 199 Å². The van der Waals surface area contributed by atoms with Crippen molar-refractivity contribution in [1.29, 1.82) is 0 Å². The molecule has 0 unspecified atom stereocenters. The van der Waals surface area contributed by atoms with Gasteiger partial charge in [-0.3, -0.25) is 4.79 Å². The number of benzene rings is 2. The number of hydrogen-bond donors (Lipinski definition) is 1. The molecule has 0 saturated carbocycles. The molecule has 1 aromatic heterocycles. The van der Waals surface area contributed by atoms with E-state index in [4.69, 9.17) is 4.74 Å². The number of nitrogens with zero attached hydrogens (tertiary/aromatic N) is 3. The fourth-order valence-corrected chi connectivity index (χ4v) is 5.02. The maximum Gasteiger partial charge on any atom is 0.236 e. The van der Waals surface area contributed by atoms with E-state index in [0.717, 1.165) is 5.56 Å². The minimum Gasteiger partial charge on any atom is -0.490 e. The quantitative estimate of drug-likeness (QED) is 0.505. The van der Waals surface area contributed by atoms with Crippen LogP contribution in [0, 0.1) is 5.92 Å². The molecule has 3 aromatic rings. The summed E-state index contributed by atoms with van der Waals surface area (Å²) in [6.45, 7) is 1.70. The first-order chi connectivity index (χ1) is 16.5. The molecule has 4 rings (SSSR count). The average Bonchev–Trinajstić information content (AvgIpc) is 3.38. The number of carbonyl (C=O) groups excluding carboxylic acids is 1. The van der Waals surface area contributed by atoms with Gasteiger partial charge in [-0.25, -0.2) is 13.4 Å². The number of piperidine rings is 1. The van der Waals surface area contributed by atoms with E-state index in [2.05, 4.69) is 10.3 Å². The van der Waals surface area contributed by atoms with E-state index in [1.807, 2.05) is 59.3 Å². The summed E-state index contributed by atoms with van der Waals surface area (Å²) >= 11 is 0. The Balaban J connectivity index is 1.29. The van der Waals surface area contributed by atoms with Crippen LogP contribution in [0.25, 0.3) is 6.08 Å². The summed E-state index contributed by atoms with van der Waals surface area (Å²) in [4.78, 5) is 16.9. The fourth-order valence-electron chi connectivity index (χ4n) is 3.80. The molecule has 1 aliphatic heterocycles. The van der Waals surface area contributed by atoms with Gasteiger partial charge in [0.15, 0.2) is 0 Å². The Morgan fingerprint density at radius 1 is 1.09 bits per heavy atom. The van der Waals surface area contributed by atoms with Crippen LogP contribution in [-0.4, -0.2) is 47.9 Å². The van der Waals surface area contributed by atoms with Gasteiger partial charge >= 0.3 is 0 Å². The lowest BCUT2D eigenvalue weighted by atomic mass is 9.97. The van der Waals surface area contributed by atoms with Crippen LogP contribution in [0.2, 0.25) is 0 Å². The predicted molar refractivity (Wildman–Crippen MR) is 131 cm³/mol. The SMILES string of the molecule is O=C(Nc1ccccc1OCCn1ccnc1)C1CCN(S(=O)(=O)/C=C/c2ccccc2)CC1. The number of ether oxygens (including phenoxy) is 1. The Bertz CT molecular complexity index is 1200. The summed E-state index contributed by atoms with van der Waals surface area (Å²) in [5.74, 6) is 0.216. The summed E-state index contributed by atoms with van der Waals surface area (Å²) in [5.41, 5.74) is 1.44. The van der Waals surface area contributed by atoms with Crippen LogP contribution >= 0.6 is 0 Å². The number of imidazole rings is 1. The lowest BCUT2D eigenvalue weighted by Crippen LogP contribution is -2.40. The van der Waals surface area contributed by atoms with Crippen LogP contribution in [-0.2, 0) is 21.4 Å². The normalized spacial score (nSPS) is 15.4. The number of hydrogen-bond acceptors (Lipinski definition) is 5. The van der Waals surface area contributed by atoms with Gasteiger partial charge in [0.1, 0.15) is 12.4 Å². The van der Waals surface area contributed by atoms with Crippen molar-refractivity contribution < 1.29 is 17.9 Å². The highest BCUT2D eigenvalue weighted by molar-refractivity contribution is 7.92. The molecule has 8 nitrogen and oxygen atoms in total. The molecule has 1 amide bonds. The van der Waals surface area contributed by atoms with Gasteiger partial charge in [-0.15, -0.1) is 0 Å². The number of rotatable bonds is 9. The molecular weight excluding hydrogens is 452 g/mol. The molecule has 0 spiro atoms. The van der Waals surface area contributed by atoms with E-state index < -0.39 is 10.0 Å². The lowest BCUT2D eigenvalue weighted by Gasteiger charge is -2.29. The highest BCUT2D eigenvalue weighted by Gasteiger charge is 2.30. The zero-order valence-electron chi connectivity index (χ0n) is 18.8. The summed E-state index contributed by atoms with van der Waals surface area (Å²) in [6.07, 6.45) is 7.83. The number of amides is 1. The van der Waals surface area contributed by atoms with Crippen LogP contribution in [0.15, 0.2) is 78.7 Å². The first-order valence-corrected chi connectivity index (χ1v) is 12.7. The number of aromatic nitrogens is 2. The molecule has 1 saturated heterocycles. The molecule has 178 valence electrons. The van der Waals surface area contributed by atoms with Gasteiger partial charge in [0, 0.05) is 36.8 Å². The molecule has 0 atom stereocenters. The molecule has 2 heterocycles. The number of para-hydroxylation sites is 2. The standard InChI is InChI=1S/C25H28N4O4S/c30-25(27-23-8-4-5-9-24(23)33-18-17-28-16-13-26-20-28)22-10-14-29(15-11-22)34(31,32)19-12-21-6-2-1-3-7-21/h1-9,12-13,16,19-20,22H,10-11,14-15,17-18H2,(H,27,30)/b19-12+. The zero-order chi connectivity index (χ0) is 23.8. The molecule has 0 radical (unpaired) electrons. The maximum absolute atomic E-state index is 12.9. The Morgan fingerprint density at radius 3 is 2.56 bits per heavy atom. The summed E-state index contributed by atoms with van der Waals surface area (Å²) in [5, 5.41) is 4.20. The first kappa shape index (κ1) is 23.7. The van der Waals surface area contributed by atoms with Gasteiger partial charge in [0.25, 0.3) is 0 Å². The van der Waals surface area contributed by atoms with Crippen molar-refractivity contribution in [3.8, 4) is 5.75 Å². The van der Waals surface area contributed by atoms with E-state index in [-0.39, 0.29) is 11.8 Å². The topological polar surface area (TPSA) is 93.5 Å². The van der Waals surface area contributed by atoms with Crippen LogP contribution in [0.5, 0.6) is 5.75 Å². The molecule has 1 N–H and O–H groups in total. The summed E-state index contributed by atoms with van der Waals surface area (Å²) in [7, 11) is -3.53. The number of sulfonamides is 1. The van der Waals surface area contributed by atoms with Crippen molar-refractivity contribution in [1.82, 2.24) is 13.9 Å².